The van der Waals surface area contributed by atoms with E-state index in [4.69, 9.17) is 0 Å². The molecule has 2 rings (SSSR count). The van der Waals surface area contributed by atoms with Gasteiger partial charge >= 0.3 is 30.4 Å². The summed E-state index contributed by atoms with van der Waals surface area (Å²) >= 11 is 3.67. The first-order valence-electron chi connectivity index (χ1n) is 6.15. The summed E-state index contributed by atoms with van der Waals surface area (Å²) in [6.07, 6.45) is 0. The molecule has 0 aromatic heterocycles. The number of benzene rings is 2. The molecule has 2 aromatic rings. The SMILES string of the molecule is CCOC(=O)CS.[SbH3].c1ccc(-c2ccccc2)cc1. The van der Waals surface area contributed by atoms with Crippen molar-refractivity contribution in [1.29, 1.82) is 0 Å². The average molecular weight is 399 g/mol. The van der Waals surface area contributed by atoms with Gasteiger partial charge in [0.25, 0.3) is 0 Å². The van der Waals surface area contributed by atoms with Gasteiger partial charge in [-0.05, 0) is 18.1 Å². The maximum atomic E-state index is 10.1. The zero-order valence-electron chi connectivity index (χ0n) is 11.7. The van der Waals surface area contributed by atoms with Crippen LogP contribution < -0.4 is 0 Å². The van der Waals surface area contributed by atoms with E-state index < -0.39 is 0 Å². The van der Waals surface area contributed by atoms with Gasteiger partial charge in [0.15, 0.2) is 0 Å². The van der Waals surface area contributed by atoms with Crippen LogP contribution in [0.25, 0.3) is 11.1 Å². The van der Waals surface area contributed by atoms with Crippen LogP contribution in [-0.2, 0) is 9.53 Å². The number of esters is 1. The fourth-order valence-electron chi connectivity index (χ4n) is 1.47. The zero-order valence-corrected chi connectivity index (χ0v) is 16.6. The number of carbonyl (C=O) groups excluding carboxylic acids is 1. The summed E-state index contributed by atoms with van der Waals surface area (Å²) in [6.45, 7) is 2.21. The molecule has 4 heteroatoms. The third-order valence-electron chi connectivity index (χ3n) is 2.32. The Morgan fingerprint density at radius 1 is 0.950 bits per heavy atom. The second kappa shape index (κ2) is 11.9. The standard InChI is InChI=1S/C12H10.C4H8O2S.Sb.3H/c1-3-7-11(8-4-1)12-9-5-2-6-10-12;1-2-6-4(5)3-7;;;;/h1-10H;7H,2-3H2,1H3;;;;. The molecule has 0 atom stereocenters. The van der Waals surface area contributed by atoms with E-state index in [2.05, 4.69) is 65.9 Å². The minimum absolute atomic E-state index is 0. The Labute approximate surface area is 143 Å². The van der Waals surface area contributed by atoms with Crippen molar-refractivity contribution in [3.8, 4) is 11.1 Å². The van der Waals surface area contributed by atoms with Gasteiger partial charge in [-0.25, -0.2) is 0 Å². The largest absolute Gasteiger partial charge is 0.0622 e. The van der Waals surface area contributed by atoms with Gasteiger partial charge in [0.2, 0.25) is 0 Å². The molecule has 20 heavy (non-hydrogen) atoms. The Kier molecular flexibility index (Phi) is 11.3. The van der Waals surface area contributed by atoms with Crippen LogP contribution in [0.1, 0.15) is 6.92 Å². The molecule has 0 amide bonds. The van der Waals surface area contributed by atoms with E-state index >= 15 is 0 Å². The van der Waals surface area contributed by atoms with Crippen molar-refractivity contribution in [2.24, 2.45) is 0 Å². The molecule has 2 aromatic carbocycles. The van der Waals surface area contributed by atoms with E-state index in [1.165, 1.54) is 11.1 Å². The van der Waals surface area contributed by atoms with Crippen LogP contribution in [0, 0.1) is 0 Å². The minimum atomic E-state index is -0.258. The van der Waals surface area contributed by atoms with Gasteiger partial charge in [-0.1, -0.05) is 60.7 Å². The van der Waals surface area contributed by atoms with Gasteiger partial charge in [0.05, 0.1) is 12.4 Å². The Balaban J connectivity index is 0.000000396. The summed E-state index contributed by atoms with van der Waals surface area (Å²) in [7, 11) is 0. The molecule has 0 aliphatic rings. The number of hydrogen-bond donors (Lipinski definition) is 1. The molecular formula is C16H21O2SSb. The number of carbonyl (C=O) groups is 1. The smallest absolute Gasteiger partial charge is 0.0184 e. The van der Waals surface area contributed by atoms with Crippen LogP contribution in [0.15, 0.2) is 60.7 Å². The van der Waals surface area contributed by atoms with Crippen LogP contribution in [0.5, 0.6) is 0 Å². The van der Waals surface area contributed by atoms with Gasteiger partial charge in [0.1, 0.15) is 0 Å². The molecule has 0 saturated heterocycles. The minimum Gasteiger partial charge on any atom is -0.0622 e. The Morgan fingerprint density at radius 2 is 1.35 bits per heavy atom. The summed E-state index contributed by atoms with van der Waals surface area (Å²) in [4.78, 5) is 10.1. The molecule has 0 N–H and O–H groups in total. The summed E-state index contributed by atoms with van der Waals surface area (Å²) in [6, 6.07) is 20.8. The number of ether oxygens (including phenoxy) is 1. The molecule has 0 aliphatic carbocycles. The van der Waals surface area contributed by atoms with Crippen molar-refractivity contribution in [2.45, 2.75) is 6.92 Å². The molecular weight excluding hydrogens is 378 g/mol. The van der Waals surface area contributed by atoms with Crippen molar-refractivity contribution < 1.29 is 9.53 Å². The van der Waals surface area contributed by atoms with Gasteiger partial charge in [-0.3, -0.25) is 4.79 Å². The Bertz CT molecular complexity index is 437. The summed E-state index contributed by atoms with van der Waals surface area (Å²) in [5.74, 6) is -0.0840. The number of rotatable bonds is 3. The molecule has 0 spiro atoms. The second-order valence-corrected chi connectivity index (χ2v) is 4.01. The van der Waals surface area contributed by atoms with Crippen molar-refractivity contribution >= 4 is 43.0 Å². The Hall–Kier alpha value is -0.922. The van der Waals surface area contributed by atoms with Gasteiger partial charge in [0, 0.05) is 0 Å². The van der Waals surface area contributed by atoms with E-state index in [9.17, 15) is 4.79 Å². The molecule has 0 saturated carbocycles. The number of hydrogen-bond acceptors (Lipinski definition) is 3. The molecule has 0 radical (unpaired) electrons. The topological polar surface area (TPSA) is 26.3 Å². The van der Waals surface area contributed by atoms with Crippen LogP contribution in [0.2, 0.25) is 0 Å². The summed E-state index contributed by atoms with van der Waals surface area (Å²) < 4.78 is 4.48. The molecule has 0 unspecified atom stereocenters. The fourth-order valence-corrected chi connectivity index (χ4v) is 1.56. The van der Waals surface area contributed by atoms with Crippen molar-refractivity contribution in [2.75, 3.05) is 12.4 Å². The van der Waals surface area contributed by atoms with Crippen molar-refractivity contribution in [3.63, 3.8) is 0 Å². The monoisotopic (exact) mass is 398 g/mol. The summed E-state index contributed by atoms with van der Waals surface area (Å²) in [5, 5.41) is 0. The van der Waals surface area contributed by atoms with Crippen LogP contribution in [-0.4, -0.2) is 42.8 Å². The van der Waals surface area contributed by atoms with E-state index in [-0.39, 0.29) is 36.2 Å². The third kappa shape index (κ3) is 7.61. The van der Waals surface area contributed by atoms with Gasteiger partial charge < -0.3 is 4.74 Å². The van der Waals surface area contributed by atoms with E-state index in [1.807, 2.05) is 12.1 Å². The molecule has 108 valence electrons. The molecule has 0 bridgehead atoms. The second-order valence-electron chi connectivity index (χ2n) is 3.70. The molecule has 0 aliphatic heterocycles. The van der Waals surface area contributed by atoms with Crippen LogP contribution in [0.3, 0.4) is 0 Å². The van der Waals surface area contributed by atoms with Gasteiger partial charge in [-0.15, -0.1) is 0 Å². The normalized spacial score (nSPS) is 8.70. The first kappa shape index (κ1) is 19.1. The maximum Gasteiger partial charge on any atom is -0.0184 e. The van der Waals surface area contributed by atoms with Crippen molar-refractivity contribution in [3.05, 3.63) is 60.7 Å². The van der Waals surface area contributed by atoms with E-state index in [0.29, 0.717) is 6.61 Å². The first-order valence-corrected chi connectivity index (χ1v) is 6.78. The molecule has 2 nitrogen and oxygen atoms in total. The van der Waals surface area contributed by atoms with Gasteiger partial charge in [-0.2, -0.15) is 12.6 Å². The molecule has 0 heterocycles. The molecule has 0 fully saturated rings. The van der Waals surface area contributed by atoms with Crippen LogP contribution in [0.4, 0.5) is 0 Å². The first-order chi connectivity index (χ1) is 9.27. The Morgan fingerprint density at radius 3 is 1.60 bits per heavy atom. The number of thiol groups is 1. The van der Waals surface area contributed by atoms with E-state index in [1.54, 1.807) is 6.92 Å². The quantitative estimate of drug-likeness (QED) is 0.488. The van der Waals surface area contributed by atoms with Crippen molar-refractivity contribution in [1.82, 2.24) is 0 Å². The third-order valence-corrected chi connectivity index (χ3v) is 2.57. The summed E-state index contributed by atoms with van der Waals surface area (Å²) in [5.41, 5.74) is 2.55. The average Bonchev–Trinajstić information content (AvgIpc) is 2.50. The predicted molar refractivity (Wildman–Crippen MR) is 92.3 cm³/mol. The fraction of sp³-hybridized carbons (Fsp3) is 0.188. The zero-order chi connectivity index (χ0) is 13.9. The predicted octanol–water partition coefficient (Wildman–Crippen LogP) is 2.65. The maximum absolute atomic E-state index is 10.1. The van der Waals surface area contributed by atoms with Crippen LogP contribution >= 0.6 is 12.6 Å². The van der Waals surface area contributed by atoms with E-state index in [0.717, 1.165) is 0 Å².